The van der Waals surface area contributed by atoms with Gasteiger partial charge < -0.3 is 9.64 Å². The standard InChI is InChI=1S/C31H33ClFNO3/c1-30(2)13-22-28(24(35)15-30)27(29-23(34(22)5)14-31(3,4)16-25(29)36)20-12-19(32)10-11-26(20)37-17-18-8-6-7-9-21(18)33/h6-12,27H,13-17H2,1-5H3. The Hall–Kier alpha value is -2.92. The van der Waals surface area contributed by atoms with Crippen molar-refractivity contribution in [1.29, 1.82) is 0 Å². The van der Waals surface area contributed by atoms with Crippen molar-refractivity contribution < 1.29 is 18.7 Å². The molecule has 4 nitrogen and oxygen atoms in total. The molecule has 5 rings (SSSR count). The highest BCUT2D eigenvalue weighted by Crippen LogP contribution is 2.55. The minimum Gasteiger partial charge on any atom is -0.488 e. The summed E-state index contributed by atoms with van der Waals surface area (Å²) in [5, 5.41) is 0.489. The number of benzene rings is 2. The molecule has 0 atom stereocenters. The molecule has 0 aromatic heterocycles. The second kappa shape index (κ2) is 9.13. The maximum Gasteiger partial charge on any atom is 0.162 e. The Bertz CT molecular complexity index is 1320. The number of ether oxygens (including phenoxy) is 1. The van der Waals surface area contributed by atoms with Crippen molar-refractivity contribution in [3.63, 3.8) is 0 Å². The lowest BCUT2D eigenvalue weighted by atomic mass is 9.63. The zero-order chi connectivity index (χ0) is 26.7. The molecule has 2 aliphatic carbocycles. The highest BCUT2D eigenvalue weighted by atomic mass is 35.5. The van der Waals surface area contributed by atoms with Gasteiger partial charge in [-0.05, 0) is 47.9 Å². The molecule has 0 N–H and O–H groups in total. The molecule has 37 heavy (non-hydrogen) atoms. The van der Waals surface area contributed by atoms with E-state index in [1.165, 1.54) is 6.07 Å². The second-order valence-electron chi connectivity index (χ2n) is 12.2. The summed E-state index contributed by atoms with van der Waals surface area (Å²) < 4.78 is 20.5. The molecule has 0 amide bonds. The van der Waals surface area contributed by atoms with Crippen molar-refractivity contribution in [1.82, 2.24) is 4.90 Å². The molecule has 0 bridgehead atoms. The van der Waals surface area contributed by atoms with Crippen LogP contribution in [0.3, 0.4) is 0 Å². The van der Waals surface area contributed by atoms with Crippen molar-refractivity contribution in [3.8, 4) is 5.75 Å². The monoisotopic (exact) mass is 521 g/mol. The molecular weight excluding hydrogens is 489 g/mol. The maximum atomic E-state index is 14.3. The minimum atomic E-state index is -0.567. The number of carbonyl (C=O) groups is 2. The van der Waals surface area contributed by atoms with Gasteiger partial charge in [0.15, 0.2) is 11.6 Å². The van der Waals surface area contributed by atoms with Gasteiger partial charge in [-0.2, -0.15) is 0 Å². The third kappa shape index (κ3) is 4.74. The minimum absolute atomic E-state index is 0.0215. The molecule has 1 heterocycles. The lowest BCUT2D eigenvalue weighted by Crippen LogP contribution is -2.43. The highest BCUT2D eigenvalue weighted by Gasteiger charge is 2.48. The Morgan fingerprint density at radius 2 is 1.49 bits per heavy atom. The van der Waals surface area contributed by atoms with Gasteiger partial charge in [0.25, 0.3) is 0 Å². The number of carbonyl (C=O) groups excluding carboxylic acids is 2. The first-order valence-electron chi connectivity index (χ1n) is 12.8. The molecule has 0 saturated heterocycles. The largest absolute Gasteiger partial charge is 0.488 e. The molecule has 3 aliphatic rings. The quantitative estimate of drug-likeness (QED) is 0.421. The summed E-state index contributed by atoms with van der Waals surface area (Å²) in [5.74, 6) is -0.319. The summed E-state index contributed by atoms with van der Waals surface area (Å²) in [7, 11) is 1.98. The number of hydrogen-bond donors (Lipinski definition) is 0. The van der Waals surface area contributed by atoms with Gasteiger partial charge in [0.05, 0.1) is 0 Å². The number of Topliss-reactive ketones (excluding diaryl/α,β-unsaturated/α-hetero) is 2. The molecule has 2 aromatic carbocycles. The number of allylic oxidation sites excluding steroid dienone is 4. The zero-order valence-corrected chi connectivity index (χ0v) is 22.8. The SMILES string of the molecule is CN1C2=C(C(=O)CC(C)(C)C2)C(c2cc(Cl)ccc2OCc2ccccc2F)C2=C1CC(C)(C)CC2=O. The van der Waals surface area contributed by atoms with Crippen molar-refractivity contribution in [2.75, 3.05) is 7.05 Å². The molecule has 0 unspecified atom stereocenters. The third-order valence-electron chi connectivity index (χ3n) is 7.80. The average Bonchev–Trinajstić information content (AvgIpc) is 2.79. The Balaban J connectivity index is 1.68. The van der Waals surface area contributed by atoms with Crippen LogP contribution >= 0.6 is 11.6 Å². The lowest BCUT2D eigenvalue weighted by Gasteiger charge is -2.48. The summed E-state index contributed by atoms with van der Waals surface area (Å²) in [6.45, 7) is 8.46. The van der Waals surface area contributed by atoms with Gasteiger partial charge >= 0.3 is 0 Å². The van der Waals surface area contributed by atoms with E-state index < -0.39 is 5.92 Å². The lowest BCUT2D eigenvalue weighted by molar-refractivity contribution is -0.119. The number of hydrogen-bond acceptors (Lipinski definition) is 4. The number of rotatable bonds is 4. The maximum absolute atomic E-state index is 14.3. The molecule has 0 radical (unpaired) electrons. The topological polar surface area (TPSA) is 46.6 Å². The van der Waals surface area contributed by atoms with E-state index in [2.05, 4.69) is 32.6 Å². The van der Waals surface area contributed by atoms with E-state index in [0.717, 1.165) is 24.2 Å². The smallest absolute Gasteiger partial charge is 0.162 e. The van der Waals surface area contributed by atoms with Crippen LogP contribution in [0.25, 0.3) is 0 Å². The molecule has 0 saturated carbocycles. The van der Waals surface area contributed by atoms with Crippen molar-refractivity contribution in [2.45, 2.75) is 65.9 Å². The van der Waals surface area contributed by atoms with Gasteiger partial charge in [0.2, 0.25) is 0 Å². The second-order valence-corrected chi connectivity index (χ2v) is 12.6. The summed E-state index contributed by atoms with van der Waals surface area (Å²) in [4.78, 5) is 29.6. The fourth-order valence-corrected chi connectivity index (χ4v) is 6.30. The summed E-state index contributed by atoms with van der Waals surface area (Å²) in [6, 6.07) is 11.8. The predicted molar refractivity (Wildman–Crippen MR) is 143 cm³/mol. The van der Waals surface area contributed by atoms with Gasteiger partial charge in [0.1, 0.15) is 18.2 Å². The normalized spacial score (nSPS) is 21.2. The van der Waals surface area contributed by atoms with Gasteiger partial charge in [-0.3, -0.25) is 9.59 Å². The van der Waals surface area contributed by atoms with Crippen LogP contribution in [-0.4, -0.2) is 23.5 Å². The van der Waals surface area contributed by atoms with Crippen LogP contribution in [-0.2, 0) is 16.2 Å². The molecule has 194 valence electrons. The summed E-state index contributed by atoms with van der Waals surface area (Å²) >= 11 is 6.49. The predicted octanol–water partition coefficient (Wildman–Crippen LogP) is 7.37. The molecule has 0 fully saturated rings. The van der Waals surface area contributed by atoms with Gasteiger partial charge in [-0.25, -0.2) is 4.39 Å². The van der Waals surface area contributed by atoms with Crippen LogP contribution in [0.1, 0.15) is 70.4 Å². The van der Waals surface area contributed by atoms with Crippen LogP contribution in [0, 0.1) is 16.6 Å². The molecule has 6 heteroatoms. The molecule has 0 spiro atoms. The highest BCUT2D eigenvalue weighted by molar-refractivity contribution is 6.30. The van der Waals surface area contributed by atoms with Crippen LogP contribution in [0.4, 0.5) is 4.39 Å². The average molecular weight is 522 g/mol. The Morgan fingerprint density at radius 1 is 0.919 bits per heavy atom. The van der Waals surface area contributed by atoms with Crippen molar-refractivity contribution in [3.05, 3.63) is 87.0 Å². The van der Waals surface area contributed by atoms with E-state index >= 15 is 0 Å². The molecule has 1 aliphatic heterocycles. The van der Waals surface area contributed by atoms with Crippen LogP contribution < -0.4 is 4.74 Å². The number of halogens is 2. The van der Waals surface area contributed by atoms with Gasteiger partial charge in [-0.1, -0.05) is 57.5 Å². The van der Waals surface area contributed by atoms with E-state index in [9.17, 15) is 14.0 Å². The Kier molecular flexibility index (Phi) is 6.34. The van der Waals surface area contributed by atoms with Crippen LogP contribution in [0.5, 0.6) is 5.75 Å². The summed E-state index contributed by atoms with van der Waals surface area (Å²) in [5.41, 5.74) is 4.00. The van der Waals surface area contributed by atoms with Gasteiger partial charge in [0, 0.05) is 64.5 Å². The van der Waals surface area contributed by atoms with E-state index in [1.807, 2.05) is 7.05 Å². The first-order chi connectivity index (χ1) is 17.4. The zero-order valence-electron chi connectivity index (χ0n) is 22.1. The van der Waals surface area contributed by atoms with Crippen LogP contribution in [0.15, 0.2) is 65.0 Å². The first-order valence-corrected chi connectivity index (χ1v) is 13.2. The fourth-order valence-electron chi connectivity index (χ4n) is 6.12. The van der Waals surface area contributed by atoms with E-state index in [0.29, 0.717) is 45.9 Å². The number of nitrogens with zero attached hydrogens (tertiary/aromatic N) is 1. The first kappa shape index (κ1) is 25.7. The summed E-state index contributed by atoms with van der Waals surface area (Å²) in [6.07, 6.45) is 2.28. The molecular formula is C31H33ClFNO3. The Morgan fingerprint density at radius 3 is 2.05 bits per heavy atom. The van der Waals surface area contributed by atoms with E-state index in [1.54, 1.807) is 36.4 Å². The van der Waals surface area contributed by atoms with Crippen molar-refractivity contribution >= 4 is 23.2 Å². The molecule has 2 aromatic rings. The van der Waals surface area contributed by atoms with Crippen LogP contribution in [0.2, 0.25) is 5.02 Å². The Labute approximate surface area is 223 Å². The van der Waals surface area contributed by atoms with Crippen molar-refractivity contribution in [2.24, 2.45) is 10.8 Å². The fraction of sp³-hybridized carbons (Fsp3) is 0.419. The van der Waals surface area contributed by atoms with Gasteiger partial charge in [-0.15, -0.1) is 0 Å². The van der Waals surface area contributed by atoms with E-state index in [4.69, 9.17) is 16.3 Å². The van der Waals surface area contributed by atoms with E-state index in [-0.39, 0.29) is 34.8 Å². The number of ketones is 2. The third-order valence-corrected chi connectivity index (χ3v) is 8.04.